The molecule has 2 heterocycles. The number of fused-ring (bicyclic) bond motifs is 1. The molecule has 0 saturated carbocycles. The number of carbonyl (C=O) groups excluding carboxylic acids is 1. The third-order valence-corrected chi connectivity index (χ3v) is 4.70. The predicted octanol–water partition coefficient (Wildman–Crippen LogP) is 4.33. The molecule has 1 N–H and O–H groups in total. The number of nitrogens with zero attached hydrogens (tertiary/aromatic N) is 2. The van der Waals surface area contributed by atoms with Crippen molar-refractivity contribution < 1.29 is 4.79 Å². The largest absolute Gasteiger partial charge is 0.331 e. The van der Waals surface area contributed by atoms with Gasteiger partial charge >= 0.3 is 0 Å². The van der Waals surface area contributed by atoms with Gasteiger partial charge in [0.05, 0.1) is 5.39 Å². The topological polar surface area (TPSA) is 64.0 Å². The van der Waals surface area contributed by atoms with Gasteiger partial charge in [-0.3, -0.25) is 9.59 Å². The number of aryl methyl sites for hydroxylation is 2. The van der Waals surface area contributed by atoms with Crippen LogP contribution in [0.15, 0.2) is 41.3 Å². The molecule has 26 heavy (non-hydrogen) atoms. The average molecular weight is 370 g/mol. The van der Waals surface area contributed by atoms with E-state index in [1.165, 1.54) is 0 Å². The molecule has 0 aliphatic heterocycles. The van der Waals surface area contributed by atoms with E-state index < -0.39 is 5.91 Å². The van der Waals surface area contributed by atoms with E-state index in [4.69, 9.17) is 11.6 Å². The van der Waals surface area contributed by atoms with Crippen LogP contribution in [0, 0.1) is 13.8 Å². The summed E-state index contributed by atoms with van der Waals surface area (Å²) < 4.78 is 1.86. The molecule has 0 aliphatic carbocycles. The van der Waals surface area contributed by atoms with E-state index in [0.29, 0.717) is 28.3 Å². The molecule has 1 amide bonds. The first-order valence-corrected chi connectivity index (χ1v) is 8.87. The number of aromatic nitrogens is 2. The van der Waals surface area contributed by atoms with Crippen LogP contribution in [-0.4, -0.2) is 15.5 Å². The van der Waals surface area contributed by atoms with Crippen LogP contribution < -0.4 is 10.7 Å². The normalized spacial score (nSPS) is 10.9. The zero-order chi connectivity index (χ0) is 18.8. The summed E-state index contributed by atoms with van der Waals surface area (Å²) in [6.45, 7) is 6.40. The van der Waals surface area contributed by atoms with E-state index in [1.54, 1.807) is 36.5 Å². The van der Waals surface area contributed by atoms with Crippen molar-refractivity contribution in [1.82, 2.24) is 9.55 Å². The number of hydrogen-bond acceptors (Lipinski definition) is 3. The van der Waals surface area contributed by atoms with Gasteiger partial charge in [0.25, 0.3) is 5.91 Å². The van der Waals surface area contributed by atoms with Crippen LogP contribution in [0.3, 0.4) is 0 Å². The second-order valence-electron chi connectivity index (χ2n) is 6.26. The SMILES string of the molecule is CCCn1cc(C(=O)Nc2cccc(Cl)c2C)c(=O)c2ccc(C)nc21. The molecule has 3 aromatic rings. The van der Waals surface area contributed by atoms with Crippen molar-refractivity contribution in [2.24, 2.45) is 0 Å². The first-order chi connectivity index (χ1) is 12.4. The van der Waals surface area contributed by atoms with E-state index in [-0.39, 0.29) is 11.0 Å². The van der Waals surface area contributed by atoms with Gasteiger partial charge in [0, 0.05) is 29.1 Å². The molecule has 0 unspecified atom stereocenters. The lowest BCUT2D eigenvalue weighted by molar-refractivity contribution is 0.102. The summed E-state index contributed by atoms with van der Waals surface area (Å²) in [6.07, 6.45) is 2.46. The molecule has 0 bridgehead atoms. The van der Waals surface area contributed by atoms with Crippen LogP contribution in [-0.2, 0) is 6.54 Å². The van der Waals surface area contributed by atoms with Crippen molar-refractivity contribution in [3.8, 4) is 0 Å². The smallest absolute Gasteiger partial charge is 0.261 e. The van der Waals surface area contributed by atoms with E-state index in [9.17, 15) is 9.59 Å². The molecule has 6 heteroatoms. The molecule has 1 aromatic carbocycles. The Balaban J connectivity index is 2.11. The Morgan fingerprint density at radius 2 is 2.00 bits per heavy atom. The highest BCUT2D eigenvalue weighted by atomic mass is 35.5. The van der Waals surface area contributed by atoms with Gasteiger partial charge in [-0.2, -0.15) is 0 Å². The van der Waals surface area contributed by atoms with Gasteiger partial charge in [-0.1, -0.05) is 24.6 Å². The maximum absolute atomic E-state index is 12.8. The Hall–Kier alpha value is -2.66. The van der Waals surface area contributed by atoms with E-state index >= 15 is 0 Å². The fourth-order valence-electron chi connectivity index (χ4n) is 2.87. The molecule has 0 fully saturated rings. The summed E-state index contributed by atoms with van der Waals surface area (Å²) in [5.74, 6) is -0.451. The number of benzene rings is 1. The molecule has 0 radical (unpaired) electrons. The highest BCUT2D eigenvalue weighted by Crippen LogP contribution is 2.23. The van der Waals surface area contributed by atoms with Crippen LogP contribution in [0.25, 0.3) is 11.0 Å². The van der Waals surface area contributed by atoms with Crippen LogP contribution in [0.1, 0.15) is 35.0 Å². The summed E-state index contributed by atoms with van der Waals surface area (Å²) in [5.41, 5.74) is 2.55. The number of anilines is 1. The molecule has 0 atom stereocenters. The van der Waals surface area contributed by atoms with E-state index in [0.717, 1.165) is 17.7 Å². The van der Waals surface area contributed by atoms with Gasteiger partial charge in [0.1, 0.15) is 11.2 Å². The molecular weight excluding hydrogens is 350 g/mol. The minimum atomic E-state index is -0.451. The maximum Gasteiger partial charge on any atom is 0.261 e. The molecule has 0 saturated heterocycles. The highest BCUT2D eigenvalue weighted by molar-refractivity contribution is 6.31. The third kappa shape index (κ3) is 3.35. The first kappa shape index (κ1) is 18.1. The van der Waals surface area contributed by atoms with Crippen molar-refractivity contribution in [2.75, 3.05) is 5.32 Å². The van der Waals surface area contributed by atoms with Crippen LogP contribution in [0.5, 0.6) is 0 Å². The van der Waals surface area contributed by atoms with Gasteiger partial charge in [0.2, 0.25) is 5.43 Å². The highest BCUT2D eigenvalue weighted by Gasteiger charge is 2.17. The summed E-state index contributed by atoms with van der Waals surface area (Å²) in [6, 6.07) is 8.78. The van der Waals surface area contributed by atoms with Crippen molar-refractivity contribution in [2.45, 2.75) is 33.7 Å². The second-order valence-corrected chi connectivity index (χ2v) is 6.66. The van der Waals surface area contributed by atoms with Gasteiger partial charge < -0.3 is 9.88 Å². The van der Waals surface area contributed by atoms with Crippen LogP contribution >= 0.6 is 11.6 Å². The van der Waals surface area contributed by atoms with Crippen molar-refractivity contribution >= 4 is 34.2 Å². The summed E-state index contributed by atoms with van der Waals surface area (Å²) in [5, 5.41) is 3.80. The summed E-state index contributed by atoms with van der Waals surface area (Å²) in [7, 11) is 0. The Labute approximate surface area is 156 Å². The Morgan fingerprint density at radius 1 is 1.23 bits per heavy atom. The van der Waals surface area contributed by atoms with Gasteiger partial charge in [-0.05, 0) is 50.1 Å². The number of amides is 1. The third-order valence-electron chi connectivity index (χ3n) is 4.29. The van der Waals surface area contributed by atoms with Gasteiger partial charge in [0.15, 0.2) is 0 Å². The van der Waals surface area contributed by atoms with E-state index in [2.05, 4.69) is 10.3 Å². The lowest BCUT2D eigenvalue weighted by Crippen LogP contribution is -2.24. The van der Waals surface area contributed by atoms with Crippen molar-refractivity contribution in [3.05, 3.63) is 68.6 Å². The number of carbonyl (C=O) groups is 1. The van der Waals surface area contributed by atoms with Gasteiger partial charge in [-0.25, -0.2) is 4.98 Å². The molecular formula is C20H20ClN3O2. The molecule has 3 rings (SSSR count). The van der Waals surface area contributed by atoms with E-state index in [1.807, 2.05) is 25.3 Å². The molecule has 134 valence electrons. The molecule has 0 aliphatic rings. The standard InChI is InChI=1S/C20H20ClN3O2/c1-4-10-24-11-15(18(25)14-9-8-12(2)22-19(14)24)20(26)23-17-7-5-6-16(21)13(17)3/h5-9,11H,4,10H2,1-3H3,(H,23,26). The van der Waals surface area contributed by atoms with Crippen LogP contribution in [0.4, 0.5) is 5.69 Å². The zero-order valence-corrected chi connectivity index (χ0v) is 15.7. The first-order valence-electron chi connectivity index (χ1n) is 8.49. The Morgan fingerprint density at radius 3 is 2.73 bits per heavy atom. The van der Waals surface area contributed by atoms with Crippen molar-refractivity contribution in [3.63, 3.8) is 0 Å². The maximum atomic E-state index is 12.8. The quantitative estimate of drug-likeness (QED) is 0.744. The fraction of sp³-hybridized carbons (Fsp3) is 0.250. The molecule has 5 nitrogen and oxygen atoms in total. The Bertz CT molecular complexity index is 1060. The Kier molecular flexibility index (Phi) is 5.09. The number of nitrogens with one attached hydrogen (secondary N) is 1. The summed E-state index contributed by atoms with van der Waals surface area (Å²) >= 11 is 6.11. The lowest BCUT2D eigenvalue weighted by atomic mass is 10.1. The average Bonchev–Trinajstić information content (AvgIpc) is 2.61. The number of rotatable bonds is 4. The van der Waals surface area contributed by atoms with Gasteiger partial charge in [-0.15, -0.1) is 0 Å². The predicted molar refractivity (Wildman–Crippen MR) is 105 cm³/mol. The second kappa shape index (κ2) is 7.30. The number of halogens is 1. The minimum Gasteiger partial charge on any atom is -0.331 e. The monoisotopic (exact) mass is 369 g/mol. The molecule has 0 spiro atoms. The zero-order valence-electron chi connectivity index (χ0n) is 15.0. The van der Waals surface area contributed by atoms with Crippen molar-refractivity contribution in [1.29, 1.82) is 0 Å². The summed E-state index contributed by atoms with van der Waals surface area (Å²) in [4.78, 5) is 30.1. The number of hydrogen-bond donors (Lipinski definition) is 1. The fourth-order valence-corrected chi connectivity index (χ4v) is 3.04. The lowest BCUT2D eigenvalue weighted by Gasteiger charge is -2.13. The molecule has 2 aromatic heterocycles. The number of pyridine rings is 2. The minimum absolute atomic E-state index is 0.0935. The van der Waals surface area contributed by atoms with Crippen LogP contribution in [0.2, 0.25) is 5.02 Å².